The lowest BCUT2D eigenvalue weighted by Gasteiger charge is -2.08. The number of carbonyl (C=O) groups excluding carboxylic acids is 1. The molecule has 2 aromatic rings. The number of carboxylic acids is 1. The van der Waals surface area contributed by atoms with E-state index < -0.39 is 5.97 Å². The van der Waals surface area contributed by atoms with Gasteiger partial charge in [-0.25, -0.2) is 9.78 Å². The number of anilines is 1. The average molecular weight is 304 g/mol. The summed E-state index contributed by atoms with van der Waals surface area (Å²) in [5.74, 6) is -1.28. The second kappa shape index (κ2) is 6.49. The summed E-state index contributed by atoms with van der Waals surface area (Å²) >= 11 is 1.36. The van der Waals surface area contributed by atoms with E-state index in [0.717, 1.165) is 23.4 Å². The molecular formula is C15H16N2O3S. The number of carboxylic acid groups (broad SMARTS) is 1. The standard InChI is InChI=1S/C15H16N2O3S/c1-3-4-13-16-8-12(21-13)14(18)17-11-7-10(15(19)20)6-5-9(11)2/h5-8H,3-4H2,1-2H3,(H,17,18)(H,19,20). The van der Waals surface area contributed by atoms with Gasteiger partial charge in [-0.15, -0.1) is 11.3 Å². The summed E-state index contributed by atoms with van der Waals surface area (Å²) in [6, 6.07) is 4.65. The van der Waals surface area contributed by atoms with Gasteiger partial charge in [0.15, 0.2) is 0 Å². The fraction of sp³-hybridized carbons (Fsp3) is 0.267. The van der Waals surface area contributed by atoms with Crippen LogP contribution in [0.1, 0.15) is 43.9 Å². The summed E-state index contributed by atoms with van der Waals surface area (Å²) in [6.07, 6.45) is 3.39. The number of nitrogens with zero attached hydrogens (tertiary/aromatic N) is 1. The number of aryl methyl sites for hydroxylation is 2. The lowest BCUT2D eigenvalue weighted by atomic mass is 10.1. The van der Waals surface area contributed by atoms with E-state index in [2.05, 4.69) is 17.2 Å². The van der Waals surface area contributed by atoms with Crippen LogP contribution in [-0.2, 0) is 6.42 Å². The SMILES string of the molecule is CCCc1ncc(C(=O)Nc2cc(C(=O)O)ccc2C)s1. The van der Waals surface area contributed by atoms with Crippen molar-refractivity contribution in [1.29, 1.82) is 0 Å². The Hall–Kier alpha value is -2.21. The lowest BCUT2D eigenvalue weighted by molar-refractivity contribution is 0.0696. The van der Waals surface area contributed by atoms with Crippen molar-refractivity contribution in [1.82, 2.24) is 4.98 Å². The van der Waals surface area contributed by atoms with Crippen molar-refractivity contribution in [3.05, 3.63) is 45.4 Å². The first-order valence-electron chi connectivity index (χ1n) is 6.61. The van der Waals surface area contributed by atoms with Crippen molar-refractivity contribution < 1.29 is 14.7 Å². The number of carbonyl (C=O) groups is 2. The van der Waals surface area contributed by atoms with Crippen LogP contribution in [-0.4, -0.2) is 22.0 Å². The van der Waals surface area contributed by atoms with E-state index in [9.17, 15) is 9.59 Å². The Labute approximate surface area is 126 Å². The number of rotatable bonds is 5. The number of aromatic carboxylic acids is 1. The van der Waals surface area contributed by atoms with Gasteiger partial charge in [-0.3, -0.25) is 4.79 Å². The number of benzene rings is 1. The first-order valence-corrected chi connectivity index (χ1v) is 7.43. The molecule has 6 heteroatoms. The molecule has 21 heavy (non-hydrogen) atoms. The van der Waals surface area contributed by atoms with E-state index in [-0.39, 0.29) is 11.5 Å². The highest BCUT2D eigenvalue weighted by atomic mass is 32.1. The molecule has 2 N–H and O–H groups in total. The summed E-state index contributed by atoms with van der Waals surface area (Å²) in [4.78, 5) is 27.9. The zero-order valence-electron chi connectivity index (χ0n) is 11.8. The highest BCUT2D eigenvalue weighted by Gasteiger charge is 2.13. The summed E-state index contributed by atoms with van der Waals surface area (Å²) in [5, 5.41) is 12.7. The van der Waals surface area contributed by atoms with Gasteiger partial charge in [0.05, 0.1) is 16.8 Å². The summed E-state index contributed by atoms with van der Waals surface area (Å²) in [5.41, 5.74) is 1.46. The average Bonchev–Trinajstić information content (AvgIpc) is 2.90. The lowest BCUT2D eigenvalue weighted by Crippen LogP contribution is -2.12. The van der Waals surface area contributed by atoms with Gasteiger partial charge in [0.1, 0.15) is 4.88 Å². The predicted molar refractivity (Wildman–Crippen MR) is 82.2 cm³/mol. The van der Waals surface area contributed by atoms with Crippen molar-refractivity contribution >= 4 is 28.9 Å². The number of amides is 1. The molecular weight excluding hydrogens is 288 g/mol. The summed E-state index contributed by atoms with van der Waals surface area (Å²) < 4.78 is 0. The van der Waals surface area contributed by atoms with E-state index in [4.69, 9.17) is 5.11 Å². The molecule has 0 aliphatic heterocycles. The van der Waals surface area contributed by atoms with Crippen molar-refractivity contribution in [3.8, 4) is 0 Å². The highest BCUT2D eigenvalue weighted by molar-refractivity contribution is 7.13. The first-order chi connectivity index (χ1) is 10.0. The van der Waals surface area contributed by atoms with E-state index >= 15 is 0 Å². The van der Waals surface area contributed by atoms with Crippen LogP contribution in [0.4, 0.5) is 5.69 Å². The monoisotopic (exact) mass is 304 g/mol. The van der Waals surface area contributed by atoms with Crippen molar-refractivity contribution in [2.75, 3.05) is 5.32 Å². The molecule has 0 atom stereocenters. The second-order valence-electron chi connectivity index (χ2n) is 4.66. The molecule has 5 nitrogen and oxygen atoms in total. The van der Waals surface area contributed by atoms with E-state index in [0.29, 0.717) is 10.6 Å². The maximum absolute atomic E-state index is 12.2. The molecule has 1 aromatic carbocycles. The van der Waals surface area contributed by atoms with Crippen LogP contribution in [0.15, 0.2) is 24.4 Å². The quantitative estimate of drug-likeness (QED) is 0.887. The third-order valence-corrected chi connectivity index (χ3v) is 4.03. The number of aromatic nitrogens is 1. The normalized spacial score (nSPS) is 10.4. The van der Waals surface area contributed by atoms with Crippen molar-refractivity contribution in [2.45, 2.75) is 26.7 Å². The molecule has 110 valence electrons. The van der Waals surface area contributed by atoms with Crippen LogP contribution < -0.4 is 5.32 Å². The Bertz CT molecular complexity index is 679. The van der Waals surface area contributed by atoms with Crippen molar-refractivity contribution in [2.24, 2.45) is 0 Å². The molecule has 1 aromatic heterocycles. The fourth-order valence-corrected chi connectivity index (χ4v) is 2.73. The fourth-order valence-electron chi connectivity index (χ4n) is 1.82. The Balaban J connectivity index is 2.18. The Morgan fingerprint density at radius 3 is 2.81 bits per heavy atom. The van der Waals surface area contributed by atoms with Gasteiger partial charge in [0.2, 0.25) is 0 Å². The topological polar surface area (TPSA) is 79.3 Å². The number of hydrogen-bond donors (Lipinski definition) is 2. The Morgan fingerprint density at radius 1 is 1.38 bits per heavy atom. The van der Waals surface area contributed by atoms with Crippen LogP contribution in [0.3, 0.4) is 0 Å². The molecule has 0 saturated heterocycles. The van der Waals surface area contributed by atoms with E-state index in [1.54, 1.807) is 12.3 Å². The van der Waals surface area contributed by atoms with E-state index in [1.165, 1.54) is 23.5 Å². The van der Waals surface area contributed by atoms with Gasteiger partial charge in [-0.1, -0.05) is 13.0 Å². The van der Waals surface area contributed by atoms with Gasteiger partial charge in [0, 0.05) is 5.69 Å². The van der Waals surface area contributed by atoms with Crippen LogP contribution >= 0.6 is 11.3 Å². The molecule has 0 unspecified atom stereocenters. The third kappa shape index (κ3) is 3.66. The predicted octanol–water partition coefficient (Wildman–Crippen LogP) is 3.35. The molecule has 0 radical (unpaired) electrons. The minimum atomic E-state index is -1.02. The number of thiazole rings is 1. The van der Waals surface area contributed by atoms with Crippen LogP contribution in [0.2, 0.25) is 0 Å². The molecule has 0 spiro atoms. The van der Waals surface area contributed by atoms with Gasteiger partial charge in [-0.2, -0.15) is 0 Å². The van der Waals surface area contributed by atoms with Gasteiger partial charge in [0.25, 0.3) is 5.91 Å². The zero-order chi connectivity index (χ0) is 15.4. The number of hydrogen-bond acceptors (Lipinski definition) is 4. The molecule has 0 bridgehead atoms. The largest absolute Gasteiger partial charge is 0.478 e. The molecule has 0 fully saturated rings. The van der Waals surface area contributed by atoms with Gasteiger partial charge < -0.3 is 10.4 Å². The second-order valence-corrected chi connectivity index (χ2v) is 5.77. The number of nitrogens with one attached hydrogen (secondary N) is 1. The molecule has 0 aliphatic rings. The van der Waals surface area contributed by atoms with Crippen LogP contribution in [0, 0.1) is 6.92 Å². The van der Waals surface area contributed by atoms with E-state index in [1.807, 2.05) is 6.92 Å². The molecule has 1 heterocycles. The molecule has 0 saturated carbocycles. The van der Waals surface area contributed by atoms with Gasteiger partial charge in [-0.05, 0) is 37.5 Å². The van der Waals surface area contributed by atoms with Crippen LogP contribution in [0.25, 0.3) is 0 Å². The molecule has 1 amide bonds. The summed E-state index contributed by atoms with van der Waals surface area (Å²) in [6.45, 7) is 3.87. The maximum atomic E-state index is 12.2. The Morgan fingerprint density at radius 2 is 2.14 bits per heavy atom. The maximum Gasteiger partial charge on any atom is 0.335 e. The first kappa shape index (κ1) is 15.2. The molecule has 0 aliphatic carbocycles. The zero-order valence-corrected chi connectivity index (χ0v) is 12.7. The molecule has 2 rings (SSSR count). The van der Waals surface area contributed by atoms with Gasteiger partial charge >= 0.3 is 5.97 Å². The smallest absolute Gasteiger partial charge is 0.335 e. The van der Waals surface area contributed by atoms with Crippen LogP contribution in [0.5, 0.6) is 0 Å². The highest BCUT2D eigenvalue weighted by Crippen LogP contribution is 2.20. The van der Waals surface area contributed by atoms with Crippen molar-refractivity contribution in [3.63, 3.8) is 0 Å². The minimum absolute atomic E-state index is 0.145. The third-order valence-electron chi connectivity index (χ3n) is 2.97. The summed E-state index contributed by atoms with van der Waals surface area (Å²) in [7, 11) is 0. The Kier molecular flexibility index (Phi) is 4.70. The minimum Gasteiger partial charge on any atom is -0.478 e.